The van der Waals surface area contributed by atoms with Gasteiger partial charge in [-0.05, 0) is 26.2 Å². The highest BCUT2D eigenvalue weighted by Gasteiger charge is 2.30. The first kappa shape index (κ1) is 35.7. The van der Waals surface area contributed by atoms with Gasteiger partial charge in [0, 0.05) is 73.8 Å². The van der Waals surface area contributed by atoms with Gasteiger partial charge in [-0.2, -0.15) is 0 Å². The zero-order chi connectivity index (χ0) is 33.1. The fraction of sp³-hybridized carbons (Fsp3) is 0.800. The number of hydrogen-bond acceptors (Lipinski definition) is 15. The predicted octanol–water partition coefficient (Wildman–Crippen LogP) is 1.55. The Kier molecular flexibility index (Phi) is 13.5. The predicted molar refractivity (Wildman–Crippen MR) is 187 cm³/mol. The van der Waals surface area contributed by atoms with Gasteiger partial charge in [0.2, 0.25) is 17.9 Å². The first-order valence-electron chi connectivity index (χ1n) is 16.7. The SMILES string of the molecule is CCCCCN(C)C1=NC(CCN2C(N)=NC(CCN3C(N)=NC(C)N=C3N(C)CCC)N=C2N(C)CCCC)N=C(N)N1C. The molecule has 3 aliphatic heterocycles. The third-order valence-electron chi connectivity index (χ3n) is 8.14. The van der Waals surface area contributed by atoms with E-state index in [4.69, 9.17) is 37.2 Å². The second-order valence-electron chi connectivity index (χ2n) is 12.1. The molecule has 0 radical (unpaired) electrons. The Morgan fingerprint density at radius 1 is 0.578 bits per heavy atom. The van der Waals surface area contributed by atoms with Gasteiger partial charge in [-0.1, -0.05) is 40.0 Å². The summed E-state index contributed by atoms with van der Waals surface area (Å²) < 4.78 is 0. The highest BCUT2D eigenvalue weighted by Crippen LogP contribution is 2.18. The van der Waals surface area contributed by atoms with Crippen molar-refractivity contribution in [2.75, 3.05) is 60.9 Å². The largest absolute Gasteiger partial charge is 0.369 e. The maximum Gasteiger partial charge on any atom is 0.205 e. The van der Waals surface area contributed by atoms with Crippen LogP contribution in [-0.2, 0) is 0 Å². The summed E-state index contributed by atoms with van der Waals surface area (Å²) in [5.41, 5.74) is 19.4. The van der Waals surface area contributed by atoms with Crippen molar-refractivity contribution in [3.8, 4) is 0 Å². The molecule has 3 aliphatic rings. The molecule has 15 heteroatoms. The van der Waals surface area contributed by atoms with E-state index in [9.17, 15) is 0 Å². The monoisotopic (exact) mass is 630 g/mol. The van der Waals surface area contributed by atoms with Crippen LogP contribution in [0.1, 0.15) is 79.1 Å². The Morgan fingerprint density at radius 3 is 1.67 bits per heavy atom. The summed E-state index contributed by atoms with van der Waals surface area (Å²) in [5, 5.41) is 0. The van der Waals surface area contributed by atoms with Crippen molar-refractivity contribution in [2.45, 2.75) is 97.6 Å². The molecule has 0 fully saturated rings. The number of aliphatic imine (C=N–C) groups is 6. The summed E-state index contributed by atoms with van der Waals surface area (Å²) in [6, 6.07) is 0. The van der Waals surface area contributed by atoms with Crippen molar-refractivity contribution in [2.24, 2.45) is 47.2 Å². The number of nitrogens with zero attached hydrogens (tertiary/aromatic N) is 12. The van der Waals surface area contributed by atoms with Crippen LogP contribution in [0.3, 0.4) is 0 Å². The first-order valence-corrected chi connectivity index (χ1v) is 16.7. The van der Waals surface area contributed by atoms with Gasteiger partial charge in [0.1, 0.15) is 18.5 Å². The second-order valence-corrected chi connectivity index (χ2v) is 12.1. The van der Waals surface area contributed by atoms with Crippen molar-refractivity contribution < 1.29 is 0 Å². The number of hydrogen-bond donors (Lipinski definition) is 3. The molecule has 0 aromatic carbocycles. The quantitative estimate of drug-likeness (QED) is 0.227. The van der Waals surface area contributed by atoms with E-state index in [0.29, 0.717) is 43.8 Å². The smallest absolute Gasteiger partial charge is 0.205 e. The Morgan fingerprint density at radius 2 is 1.07 bits per heavy atom. The molecule has 254 valence electrons. The van der Waals surface area contributed by atoms with Gasteiger partial charge in [-0.15, -0.1) is 0 Å². The minimum Gasteiger partial charge on any atom is -0.369 e. The molecule has 45 heavy (non-hydrogen) atoms. The lowest BCUT2D eigenvalue weighted by molar-refractivity contribution is 0.372. The van der Waals surface area contributed by atoms with Crippen LogP contribution in [0.5, 0.6) is 0 Å². The first-order chi connectivity index (χ1) is 21.5. The molecular formula is C30H59N15. The van der Waals surface area contributed by atoms with E-state index in [0.717, 1.165) is 63.2 Å². The van der Waals surface area contributed by atoms with Gasteiger partial charge >= 0.3 is 0 Å². The number of rotatable bonds is 15. The van der Waals surface area contributed by atoms with Gasteiger partial charge in [-0.25, -0.2) is 30.0 Å². The Labute approximate surface area is 270 Å². The minimum absolute atomic E-state index is 0.213. The van der Waals surface area contributed by atoms with Crippen LogP contribution in [0.2, 0.25) is 0 Å². The van der Waals surface area contributed by atoms with Gasteiger partial charge in [0.15, 0.2) is 17.9 Å². The van der Waals surface area contributed by atoms with E-state index in [1.54, 1.807) is 0 Å². The lowest BCUT2D eigenvalue weighted by Gasteiger charge is -2.37. The molecule has 0 aromatic heterocycles. The molecule has 3 heterocycles. The van der Waals surface area contributed by atoms with Gasteiger partial charge in [-0.3, -0.25) is 14.7 Å². The van der Waals surface area contributed by atoms with Crippen molar-refractivity contribution in [3.63, 3.8) is 0 Å². The number of nitrogens with two attached hydrogens (primary N) is 3. The van der Waals surface area contributed by atoms with Crippen LogP contribution in [-0.4, -0.2) is 145 Å². The third-order valence-corrected chi connectivity index (χ3v) is 8.14. The van der Waals surface area contributed by atoms with Crippen LogP contribution in [0.4, 0.5) is 0 Å². The zero-order valence-electron chi connectivity index (χ0n) is 29.0. The van der Waals surface area contributed by atoms with E-state index in [2.05, 4.69) is 59.6 Å². The molecule has 0 spiro atoms. The standard InChI is InChI=1S/C30H59N15/c1-9-12-14-19-41(6)28-38-23(36-25(31)43(28)8)15-21-45-27(33)37-24(39-30(45)42(7)18-13-10-2)16-20-44-26(32)34-22(4)35-29(44)40(5)17-11-3/h22-24H,9-21H2,1-8H3,(H2,31,36)(H2,32,34)(H2,33,37). The van der Waals surface area contributed by atoms with Crippen LogP contribution in [0.25, 0.3) is 0 Å². The lowest BCUT2D eigenvalue weighted by Crippen LogP contribution is -2.54. The third kappa shape index (κ3) is 9.60. The fourth-order valence-electron chi connectivity index (χ4n) is 5.55. The van der Waals surface area contributed by atoms with Gasteiger partial charge in [0.25, 0.3) is 0 Å². The number of unbranched alkanes of at least 4 members (excludes halogenated alkanes) is 3. The van der Waals surface area contributed by atoms with E-state index >= 15 is 0 Å². The molecule has 6 N–H and O–H groups in total. The highest BCUT2D eigenvalue weighted by molar-refractivity contribution is 6.01. The van der Waals surface area contributed by atoms with E-state index < -0.39 is 0 Å². The molecule has 3 unspecified atom stereocenters. The average Bonchev–Trinajstić information content (AvgIpc) is 2.99. The molecule has 3 atom stereocenters. The van der Waals surface area contributed by atoms with Crippen molar-refractivity contribution in [1.29, 1.82) is 0 Å². The van der Waals surface area contributed by atoms with Crippen LogP contribution >= 0.6 is 0 Å². The molecule has 0 amide bonds. The molecule has 3 rings (SSSR count). The van der Waals surface area contributed by atoms with Crippen molar-refractivity contribution in [1.82, 2.24) is 29.4 Å². The maximum atomic E-state index is 6.67. The summed E-state index contributed by atoms with van der Waals surface area (Å²) in [6.07, 6.45) is 6.92. The van der Waals surface area contributed by atoms with Gasteiger partial charge < -0.3 is 31.9 Å². The van der Waals surface area contributed by atoms with Crippen LogP contribution in [0.15, 0.2) is 30.0 Å². The van der Waals surface area contributed by atoms with Crippen molar-refractivity contribution >= 4 is 35.8 Å². The molecule has 0 saturated heterocycles. The topological polar surface area (TPSA) is 172 Å². The molecule has 0 aliphatic carbocycles. The summed E-state index contributed by atoms with van der Waals surface area (Å²) in [4.78, 5) is 41.1. The summed E-state index contributed by atoms with van der Waals surface area (Å²) >= 11 is 0. The molecule has 0 aromatic rings. The fourth-order valence-corrected chi connectivity index (χ4v) is 5.55. The van der Waals surface area contributed by atoms with Crippen molar-refractivity contribution in [3.05, 3.63) is 0 Å². The molecule has 15 nitrogen and oxygen atoms in total. The lowest BCUT2D eigenvalue weighted by atomic mass is 10.2. The Balaban J connectivity index is 1.76. The van der Waals surface area contributed by atoms with Crippen LogP contribution in [0, 0.1) is 0 Å². The van der Waals surface area contributed by atoms with E-state index in [1.807, 2.05) is 35.7 Å². The molecule has 0 bridgehead atoms. The maximum absolute atomic E-state index is 6.67. The summed E-state index contributed by atoms with van der Waals surface area (Å²) in [6.45, 7) is 12.3. The molecule has 0 saturated carbocycles. The summed E-state index contributed by atoms with van der Waals surface area (Å²) in [7, 11) is 8.07. The Bertz CT molecular complexity index is 1140. The Hall–Kier alpha value is -3.78. The zero-order valence-corrected chi connectivity index (χ0v) is 29.0. The normalized spacial score (nSPS) is 21.9. The van der Waals surface area contributed by atoms with E-state index in [-0.39, 0.29) is 18.5 Å². The van der Waals surface area contributed by atoms with E-state index in [1.165, 1.54) is 12.8 Å². The van der Waals surface area contributed by atoms with Gasteiger partial charge in [0.05, 0.1) is 0 Å². The highest BCUT2D eigenvalue weighted by atomic mass is 15.5. The minimum atomic E-state index is -0.358. The van der Waals surface area contributed by atoms with Crippen LogP contribution < -0.4 is 17.2 Å². The number of guanidine groups is 6. The second kappa shape index (κ2) is 17.1. The summed E-state index contributed by atoms with van der Waals surface area (Å²) in [5.74, 6) is 3.82. The molecular weight excluding hydrogens is 570 g/mol. The average molecular weight is 630 g/mol.